The molecule has 1 atom stereocenters. The molecule has 1 aromatic carbocycles. The van der Waals surface area contributed by atoms with Crippen molar-refractivity contribution < 1.29 is 14.3 Å². The van der Waals surface area contributed by atoms with Gasteiger partial charge in [-0.2, -0.15) is 0 Å². The fourth-order valence-electron chi connectivity index (χ4n) is 5.43. The first kappa shape index (κ1) is 22.4. The molecular formula is C25H39N3O3. The molecule has 0 radical (unpaired) electrons. The van der Waals surface area contributed by atoms with E-state index in [4.69, 9.17) is 9.47 Å². The van der Waals surface area contributed by atoms with E-state index in [2.05, 4.69) is 22.2 Å². The van der Waals surface area contributed by atoms with Crippen LogP contribution in [-0.4, -0.2) is 74.2 Å². The van der Waals surface area contributed by atoms with Gasteiger partial charge in [0.2, 0.25) is 0 Å². The lowest BCUT2D eigenvalue weighted by atomic mass is 10.0. The SMILES string of the molecule is COc1ccc(OC2CCN(C3CCCC3)CC2)c(C(=O)NCC2CCCCN2C)c1. The largest absolute Gasteiger partial charge is 0.497 e. The number of nitrogens with zero attached hydrogens (tertiary/aromatic N) is 2. The molecule has 2 heterocycles. The van der Waals surface area contributed by atoms with E-state index in [9.17, 15) is 4.79 Å². The fraction of sp³-hybridized carbons (Fsp3) is 0.720. The zero-order valence-corrected chi connectivity index (χ0v) is 19.3. The van der Waals surface area contributed by atoms with Crippen LogP contribution in [0, 0.1) is 0 Å². The molecule has 3 aliphatic rings. The Hall–Kier alpha value is -1.79. The predicted molar refractivity (Wildman–Crippen MR) is 123 cm³/mol. The number of rotatable bonds is 7. The standard InChI is InChI=1S/C25H39N3O3/c1-27-14-6-5-9-20(27)18-26-25(29)23-17-22(30-2)10-11-24(23)31-21-12-15-28(16-13-21)19-7-3-4-8-19/h10-11,17,19-21H,3-9,12-16,18H2,1-2H3,(H,26,29). The minimum absolute atomic E-state index is 0.0729. The van der Waals surface area contributed by atoms with E-state index in [1.165, 1.54) is 38.5 Å². The van der Waals surface area contributed by atoms with E-state index in [1.54, 1.807) is 7.11 Å². The van der Waals surface area contributed by atoms with Gasteiger partial charge in [0.25, 0.3) is 5.91 Å². The van der Waals surface area contributed by atoms with Crippen LogP contribution in [0.15, 0.2) is 18.2 Å². The molecule has 31 heavy (non-hydrogen) atoms. The molecule has 0 spiro atoms. The molecule has 0 bridgehead atoms. The Balaban J connectivity index is 1.36. The van der Waals surface area contributed by atoms with Crippen molar-refractivity contribution in [3.8, 4) is 11.5 Å². The smallest absolute Gasteiger partial charge is 0.255 e. The summed E-state index contributed by atoms with van der Waals surface area (Å²) in [5, 5.41) is 3.15. The van der Waals surface area contributed by atoms with Crippen LogP contribution in [-0.2, 0) is 0 Å². The third-order valence-corrected chi connectivity index (χ3v) is 7.46. The molecule has 2 saturated heterocycles. The Morgan fingerprint density at radius 3 is 2.48 bits per heavy atom. The number of likely N-dealkylation sites (N-methyl/N-ethyl adjacent to an activating group) is 1. The van der Waals surface area contributed by atoms with Gasteiger partial charge in [-0.3, -0.25) is 4.79 Å². The summed E-state index contributed by atoms with van der Waals surface area (Å²) in [5.74, 6) is 1.29. The van der Waals surface area contributed by atoms with Crippen LogP contribution in [0.1, 0.15) is 68.1 Å². The number of hydrogen-bond donors (Lipinski definition) is 1. The number of carbonyl (C=O) groups is 1. The monoisotopic (exact) mass is 429 g/mol. The van der Waals surface area contributed by atoms with E-state index in [1.807, 2.05) is 18.2 Å². The molecule has 6 heteroatoms. The summed E-state index contributed by atoms with van der Waals surface area (Å²) in [6.45, 7) is 3.97. The number of piperidine rings is 2. The first-order chi connectivity index (χ1) is 15.1. The van der Waals surface area contributed by atoms with Crippen molar-refractivity contribution in [3.63, 3.8) is 0 Å². The Labute approximate surface area is 187 Å². The second-order valence-electron chi connectivity index (χ2n) is 9.49. The van der Waals surface area contributed by atoms with E-state index < -0.39 is 0 Å². The van der Waals surface area contributed by atoms with Gasteiger partial charge in [-0.25, -0.2) is 0 Å². The third-order valence-electron chi connectivity index (χ3n) is 7.46. The van der Waals surface area contributed by atoms with Crippen LogP contribution < -0.4 is 14.8 Å². The summed E-state index contributed by atoms with van der Waals surface area (Å²) in [6.07, 6.45) is 11.3. The molecule has 172 valence electrons. The van der Waals surface area contributed by atoms with Gasteiger partial charge in [-0.1, -0.05) is 19.3 Å². The van der Waals surface area contributed by atoms with Gasteiger partial charge in [0, 0.05) is 31.7 Å². The summed E-state index contributed by atoms with van der Waals surface area (Å²) in [5.41, 5.74) is 0.580. The topological polar surface area (TPSA) is 54.0 Å². The molecule has 1 aromatic rings. The number of likely N-dealkylation sites (tertiary alicyclic amines) is 2. The Morgan fingerprint density at radius 1 is 1.03 bits per heavy atom. The normalized spacial score (nSPS) is 24.3. The quantitative estimate of drug-likeness (QED) is 0.716. The number of nitrogens with one attached hydrogen (secondary N) is 1. The summed E-state index contributed by atoms with van der Waals surface area (Å²) in [6, 6.07) is 6.77. The second-order valence-corrected chi connectivity index (χ2v) is 9.49. The van der Waals surface area contributed by atoms with Crippen LogP contribution in [0.25, 0.3) is 0 Å². The molecule has 2 aliphatic heterocycles. The van der Waals surface area contributed by atoms with Crippen LogP contribution in [0.3, 0.4) is 0 Å². The Morgan fingerprint density at radius 2 is 1.77 bits per heavy atom. The van der Waals surface area contributed by atoms with Gasteiger partial charge in [0.05, 0.1) is 12.7 Å². The Bertz CT molecular complexity index is 727. The number of methoxy groups -OCH3 is 1. The second kappa shape index (κ2) is 10.7. The van der Waals surface area contributed by atoms with Crippen LogP contribution in [0.5, 0.6) is 11.5 Å². The van der Waals surface area contributed by atoms with Gasteiger partial charge < -0.3 is 24.6 Å². The molecule has 4 rings (SSSR count). The highest BCUT2D eigenvalue weighted by atomic mass is 16.5. The molecule has 1 saturated carbocycles. The average Bonchev–Trinajstić information content (AvgIpc) is 3.34. The minimum atomic E-state index is -0.0729. The van der Waals surface area contributed by atoms with Crippen molar-refractivity contribution >= 4 is 5.91 Å². The van der Waals surface area contributed by atoms with Crippen molar-refractivity contribution in [2.24, 2.45) is 0 Å². The molecule has 1 N–H and O–H groups in total. The third kappa shape index (κ3) is 5.72. The maximum absolute atomic E-state index is 13.1. The molecular weight excluding hydrogens is 390 g/mol. The fourth-order valence-corrected chi connectivity index (χ4v) is 5.43. The highest BCUT2D eigenvalue weighted by molar-refractivity contribution is 5.97. The van der Waals surface area contributed by atoms with Crippen molar-refractivity contribution in [2.75, 3.05) is 40.3 Å². The van der Waals surface area contributed by atoms with Gasteiger partial charge in [-0.05, 0) is 70.3 Å². The predicted octanol–water partition coefficient (Wildman–Crippen LogP) is 3.70. The summed E-state index contributed by atoms with van der Waals surface area (Å²) in [7, 11) is 3.78. The van der Waals surface area contributed by atoms with Crippen LogP contribution in [0.4, 0.5) is 0 Å². The zero-order chi connectivity index (χ0) is 21.6. The zero-order valence-electron chi connectivity index (χ0n) is 19.3. The van der Waals surface area contributed by atoms with E-state index in [0.29, 0.717) is 29.6 Å². The number of amides is 1. The Kier molecular flexibility index (Phi) is 7.72. The maximum atomic E-state index is 13.1. The molecule has 3 fully saturated rings. The molecule has 1 unspecified atom stereocenters. The lowest BCUT2D eigenvalue weighted by molar-refractivity contribution is 0.0747. The number of hydrogen-bond acceptors (Lipinski definition) is 5. The highest BCUT2D eigenvalue weighted by Gasteiger charge is 2.29. The summed E-state index contributed by atoms with van der Waals surface area (Å²) in [4.78, 5) is 18.1. The average molecular weight is 430 g/mol. The maximum Gasteiger partial charge on any atom is 0.255 e. The van der Waals surface area contributed by atoms with Gasteiger partial charge in [0.15, 0.2) is 0 Å². The van der Waals surface area contributed by atoms with Crippen molar-refractivity contribution in [1.82, 2.24) is 15.1 Å². The van der Waals surface area contributed by atoms with Crippen molar-refractivity contribution in [1.29, 1.82) is 0 Å². The van der Waals surface area contributed by atoms with E-state index in [0.717, 1.165) is 44.9 Å². The first-order valence-corrected chi connectivity index (χ1v) is 12.2. The number of carbonyl (C=O) groups excluding carboxylic acids is 1. The lowest BCUT2D eigenvalue weighted by Gasteiger charge is -2.36. The van der Waals surface area contributed by atoms with Crippen molar-refractivity contribution in [2.45, 2.75) is 76.0 Å². The highest BCUT2D eigenvalue weighted by Crippen LogP contribution is 2.30. The minimum Gasteiger partial charge on any atom is -0.497 e. The molecule has 1 amide bonds. The summed E-state index contributed by atoms with van der Waals surface area (Å²) < 4.78 is 11.8. The van der Waals surface area contributed by atoms with Gasteiger partial charge in [0.1, 0.15) is 17.6 Å². The lowest BCUT2D eigenvalue weighted by Crippen LogP contribution is -2.44. The first-order valence-electron chi connectivity index (χ1n) is 12.2. The van der Waals surface area contributed by atoms with Crippen LogP contribution in [0.2, 0.25) is 0 Å². The number of ether oxygens (including phenoxy) is 2. The van der Waals surface area contributed by atoms with E-state index in [-0.39, 0.29) is 12.0 Å². The van der Waals surface area contributed by atoms with Gasteiger partial charge >= 0.3 is 0 Å². The number of benzene rings is 1. The van der Waals surface area contributed by atoms with Crippen LogP contribution >= 0.6 is 0 Å². The molecule has 6 nitrogen and oxygen atoms in total. The molecule has 1 aliphatic carbocycles. The summed E-state index contributed by atoms with van der Waals surface area (Å²) >= 11 is 0. The van der Waals surface area contributed by atoms with E-state index >= 15 is 0 Å². The van der Waals surface area contributed by atoms with Crippen molar-refractivity contribution in [3.05, 3.63) is 23.8 Å². The molecule has 0 aromatic heterocycles. The van der Waals surface area contributed by atoms with Gasteiger partial charge in [-0.15, -0.1) is 0 Å².